The van der Waals surface area contributed by atoms with Gasteiger partial charge in [0.25, 0.3) is 0 Å². The van der Waals surface area contributed by atoms with Crippen molar-refractivity contribution in [2.24, 2.45) is 0 Å². The van der Waals surface area contributed by atoms with E-state index in [1.807, 2.05) is 31.2 Å². The summed E-state index contributed by atoms with van der Waals surface area (Å²) < 4.78 is 11.2. The van der Waals surface area contributed by atoms with E-state index in [1.54, 1.807) is 24.3 Å². The Kier molecular flexibility index (Phi) is 9.04. The molecule has 0 heterocycles. The molecular weight excluding hydrogens is 424 g/mol. The van der Waals surface area contributed by atoms with Crippen LogP contribution in [0.4, 0.5) is 5.69 Å². The van der Waals surface area contributed by atoms with Crippen LogP contribution in [0.2, 0.25) is 0 Å². The zero-order valence-electron chi connectivity index (χ0n) is 18.4. The summed E-state index contributed by atoms with van der Waals surface area (Å²) in [7, 11) is 0. The summed E-state index contributed by atoms with van der Waals surface area (Å²) in [5.41, 5.74) is 2.36. The first-order valence-corrected chi connectivity index (χ1v) is 11.5. The van der Waals surface area contributed by atoms with Gasteiger partial charge in [0.1, 0.15) is 11.9 Å². The first-order valence-electron chi connectivity index (χ1n) is 11.1. The monoisotopic (exact) mass is 454 g/mol. The second kappa shape index (κ2) is 12.2. The maximum Gasteiger partial charge on any atom is 0.338 e. The van der Waals surface area contributed by atoms with Crippen molar-refractivity contribution in [2.45, 2.75) is 58.0 Å². The molecule has 0 bridgehead atoms. The highest BCUT2D eigenvalue weighted by Gasteiger charge is 2.18. The summed E-state index contributed by atoms with van der Waals surface area (Å²) >= 11 is 5.21. The van der Waals surface area contributed by atoms with Crippen molar-refractivity contribution in [3.05, 3.63) is 59.7 Å². The van der Waals surface area contributed by atoms with Gasteiger partial charge in [-0.3, -0.25) is 4.79 Å². The molecule has 1 aliphatic carbocycles. The second-order valence-corrected chi connectivity index (χ2v) is 8.42. The van der Waals surface area contributed by atoms with Crippen molar-refractivity contribution in [1.82, 2.24) is 5.32 Å². The number of ether oxygens (including phenoxy) is 2. The molecule has 1 aliphatic rings. The molecule has 6 nitrogen and oxygen atoms in total. The molecule has 2 N–H and O–H groups in total. The number of carbonyl (C=O) groups excluding carboxylic acids is 2. The van der Waals surface area contributed by atoms with Crippen LogP contribution in [-0.2, 0) is 9.53 Å². The molecule has 7 heteroatoms. The number of nitrogens with one attached hydrogen (secondary N) is 2. The minimum atomic E-state index is -0.299. The molecule has 3 rings (SSSR count). The molecule has 0 aromatic heterocycles. The lowest BCUT2D eigenvalue weighted by Gasteiger charge is -2.21. The predicted molar refractivity (Wildman–Crippen MR) is 129 cm³/mol. The summed E-state index contributed by atoms with van der Waals surface area (Å²) in [6.45, 7) is 2.47. The topological polar surface area (TPSA) is 76.7 Å². The maximum absolute atomic E-state index is 12.3. The number of esters is 1. The summed E-state index contributed by atoms with van der Waals surface area (Å²) in [6.07, 6.45) is 6.24. The molecule has 0 aliphatic heterocycles. The van der Waals surface area contributed by atoms with Gasteiger partial charge >= 0.3 is 5.97 Å². The quantitative estimate of drug-likeness (QED) is 0.326. The van der Waals surface area contributed by atoms with Crippen LogP contribution < -0.4 is 15.4 Å². The molecule has 0 radical (unpaired) electrons. The third-order valence-electron chi connectivity index (χ3n) is 5.30. The van der Waals surface area contributed by atoms with E-state index in [-0.39, 0.29) is 23.1 Å². The average Bonchev–Trinajstić information content (AvgIpc) is 2.79. The van der Waals surface area contributed by atoms with Crippen LogP contribution in [0.15, 0.2) is 48.5 Å². The van der Waals surface area contributed by atoms with Gasteiger partial charge in [0.15, 0.2) is 5.11 Å². The van der Waals surface area contributed by atoms with Gasteiger partial charge < -0.3 is 20.1 Å². The van der Waals surface area contributed by atoms with Crippen LogP contribution in [0.5, 0.6) is 5.75 Å². The Labute approximate surface area is 194 Å². The number of amides is 1. The third-order valence-corrected chi connectivity index (χ3v) is 5.50. The van der Waals surface area contributed by atoms with Crippen LogP contribution >= 0.6 is 12.2 Å². The van der Waals surface area contributed by atoms with E-state index in [1.165, 1.54) is 12.0 Å². The Hall–Kier alpha value is -2.93. The van der Waals surface area contributed by atoms with E-state index < -0.39 is 0 Å². The van der Waals surface area contributed by atoms with Gasteiger partial charge in [-0.25, -0.2) is 4.79 Å². The standard InChI is InChI=1S/C25H30N2O4S/c1-18-9-15-21(16-10-18)30-17-5-8-23(28)27-25(32)26-20-13-11-19(12-14-20)24(29)31-22-6-3-2-4-7-22/h9-16,22H,2-8,17H2,1H3,(H2,26,27,28,32). The summed E-state index contributed by atoms with van der Waals surface area (Å²) in [5, 5.41) is 5.83. The zero-order chi connectivity index (χ0) is 22.8. The van der Waals surface area contributed by atoms with Crippen LogP contribution in [-0.4, -0.2) is 29.7 Å². The van der Waals surface area contributed by atoms with Crippen molar-refractivity contribution < 1.29 is 19.1 Å². The molecule has 0 atom stereocenters. The molecule has 1 fully saturated rings. The van der Waals surface area contributed by atoms with E-state index in [4.69, 9.17) is 21.7 Å². The molecule has 0 saturated heterocycles. The van der Waals surface area contributed by atoms with Crippen LogP contribution in [0, 0.1) is 6.92 Å². The van der Waals surface area contributed by atoms with Crippen LogP contribution in [0.3, 0.4) is 0 Å². The van der Waals surface area contributed by atoms with Gasteiger partial charge in [-0.15, -0.1) is 0 Å². The number of hydrogen-bond acceptors (Lipinski definition) is 5. The molecule has 2 aromatic rings. The number of hydrogen-bond donors (Lipinski definition) is 2. The lowest BCUT2D eigenvalue weighted by atomic mass is 9.98. The molecule has 32 heavy (non-hydrogen) atoms. The number of aryl methyl sites for hydroxylation is 1. The molecule has 2 aromatic carbocycles. The lowest BCUT2D eigenvalue weighted by Crippen LogP contribution is -2.34. The van der Waals surface area contributed by atoms with E-state index >= 15 is 0 Å². The number of carbonyl (C=O) groups is 2. The third kappa shape index (κ3) is 7.96. The minimum Gasteiger partial charge on any atom is -0.494 e. The highest BCUT2D eigenvalue weighted by atomic mass is 32.1. The Balaban J connectivity index is 1.35. The van der Waals surface area contributed by atoms with Gasteiger partial charge in [-0.05, 0) is 87.6 Å². The number of rotatable bonds is 8. The summed E-state index contributed by atoms with van der Waals surface area (Å²) in [5.74, 6) is 0.314. The minimum absolute atomic E-state index is 0.0270. The van der Waals surface area contributed by atoms with Crippen LogP contribution in [0.1, 0.15) is 60.9 Å². The Morgan fingerprint density at radius 3 is 2.38 bits per heavy atom. The van der Waals surface area contributed by atoms with E-state index in [9.17, 15) is 9.59 Å². The van der Waals surface area contributed by atoms with Crippen LogP contribution in [0.25, 0.3) is 0 Å². The Morgan fingerprint density at radius 2 is 1.69 bits per heavy atom. The molecule has 170 valence electrons. The largest absolute Gasteiger partial charge is 0.494 e. The van der Waals surface area contributed by atoms with Crippen molar-refractivity contribution in [2.75, 3.05) is 11.9 Å². The summed E-state index contributed by atoms with van der Waals surface area (Å²) in [6, 6.07) is 14.7. The molecule has 1 amide bonds. The first-order chi connectivity index (χ1) is 15.5. The Bertz CT molecular complexity index is 907. The fourth-order valence-corrected chi connectivity index (χ4v) is 3.73. The number of anilines is 1. The summed E-state index contributed by atoms with van der Waals surface area (Å²) in [4.78, 5) is 24.4. The predicted octanol–water partition coefficient (Wildman–Crippen LogP) is 5.16. The van der Waals surface area contributed by atoms with Gasteiger partial charge in [-0.1, -0.05) is 24.1 Å². The number of benzene rings is 2. The van der Waals surface area contributed by atoms with Gasteiger partial charge in [0, 0.05) is 12.1 Å². The van der Waals surface area contributed by atoms with E-state index in [0.29, 0.717) is 30.7 Å². The molecule has 0 spiro atoms. The smallest absolute Gasteiger partial charge is 0.338 e. The molecule has 0 unspecified atom stereocenters. The van der Waals surface area contributed by atoms with Crippen molar-refractivity contribution >= 4 is 34.9 Å². The fourth-order valence-electron chi connectivity index (χ4n) is 3.50. The molecule has 1 saturated carbocycles. The maximum atomic E-state index is 12.3. The van der Waals surface area contributed by atoms with E-state index in [2.05, 4.69) is 10.6 Å². The zero-order valence-corrected chi connectivity index (χ0v) is 19.2. The first kappa shape index (κ1) is 23.7. The van der Waals surface area contributed by atoms with Crippen molar-refractivity contribution in [3.8, 4) is 5.75 Å². The normalized spacial score (nSPS) is 13.8. The van der Waals surface area contributed by atoms with Crippen molar-refractivity contribution in [1.29, 1.82) is 0 Å². The fraction of sp³-hybridized carbons (Fsp3) is 0.400. The molecular formula is C25H30N2O4S. The highest BCUT2D eigenvalue weighted by molar-refractivity contribution is 7.80. The highest BCUT2D eigenvalue weighted by Crippen LogP contribution is 2.22. The average molecular weight is 455 g/mol. The number of thiocarbonyl (C=S) groups is 1. The SMILES string of the molecule is Cc1ccc(OCCCC(=O)NC(=S)Nc2ccc(C(=O)OC3CCCCC3)cc2)cc1. The Morgan fingerprint density at radius 1 is 1.00 bits per heavy atom. The van der Waals surface area contributed by atoms with E-state index in [0.717, 1.165) is 31.4 Å². The van der Waals surface area contributed by atoms with Gasteiger partial charge in [0.05, 0.1) is 12.2 Å². The van der Waals surface area contributed by atoms with Crippen molar-refractivity contribution in [3.63, 3.8) is 0 Å². The van der Waals surface area contributed by atoms with Gasteiger partial charge in [0.2, 0.25) is 5.91 Å². The second-order valence-electron chi connectivity index (χ2n) is 8.01. The van der Waals surface area contributed by atoms with Gasteiger partial charge in [-0.2, -0.15) is 0 Å². The lowest BCUT2D eigenvalue weighted by molar-refractivity contribution is -0.119.